The predicted octanol–water partition coefficient (Wildman–Crippen LogP) is 1.50. The molecule has 88 valence electrons. The summed E-state index contributed by atoms with van der Waals surface area (Å²) < 4.78 is 5.07. The van der Waals surface area contributed by atoms with Gasteiger partial charge in [0.2, 0.25) is 0 Å². The summed E-state index contributed by atoms with van der Waals surface area (Å²) in [6.07, 6.45) is 3.00. The van der Waals surface area contributed by atoms with Crippen molar-refractivity contribution in [2.45, 2.75) is 39.2 Å². The van der Waals surface area contributed by atoms with Gasteiger partial charge in [0.1, 0.15) is 0 Å². The predicted molar refractivity (Wildman–Crippen MR) is 59.5 cm³/mol. The first kappa shape index (κ1) is 12.3. The molecule has 0 radical (unpaired) electrons. The van der Waals surface area contributed by atoms with Crippen LogP contribution in [0.5, 0.6) is 0 Å². The van der Waals surface area contributed by atoms with Crippen molar-refractivity contribution in [1.82, 2.24) is 5.32 Å². The van der Waals surface area contributed by atoms with Gasteiger partial charge in [0.25, 0.3) is 0 Å². The molecule has 0 heterocycles. The van der Waals surface area contributed by atoms with Crippen LogP contribution in [0.3, 0.4) is 0 Å². The molecule has 15 heavy (non-hydrogen) atoms. The quantitative estimate of drug-likeness (QED) is 0.745. The Labute approximate surface area is 91.5 Å². The Morgan fingerprint density at radius 1 is 1.53 bits per heavy atom. The molecule has 0 bridgehead atoms. The summed E-state index contributed by atoms with van der Waals surface area (Å²) >= 11 is 0. The van der Waals surface area contributed by atoms with Gasteiger partial charge in [0, 0.05) is 6.04 Å². The van der Waals surface area contributed by atoms with Crippen LogP contribution in [0.2, 0.25) is 0 Å². The summed E-state index contributed by atoms with van der Waals surface area (Å²) in [4.78, 5) is 11.4. The smallest absolute Gasteiger partial charge is 0.407 e. The molecule has 1 rings (SSSR count). The summed E-state index contributed by atoms with van der Waals surface area (Å²) in [6, 6.07) is 0.217. The van der Waals surface area contributed by atoms with Gasteiger partial charge >= 0.3 is 6.09 Å². The second-order valence-corrected chi connectivity index (χ2v) is 4.67. The average Bonchev–Trinajstić information content (AvgIpc) is 2.62. The summed E-state index contributed by atoms with van der Waals surface area (Å²) in [5.74, 6) is 0.807. The number of amides is 1. The van der Waals surface area contributed by atoms with E-state index in [0.29, 0.717) is 25.0 Å². The van der Waals surface area contributed by atoms with Crippen LogP contribution in [0, 0.1) is 11.8 Å². The van der Waals surface area contributed by atoms with Crippen molar-refractivity contribution in [1.29, 1.82) is 0 Å². The molecule has 1 amide bonds. The van der Waals surface area contributed by atoms with Crippen molar-refractivity contribution in [3.05, 3.63) is 0 Å². The van der Waals surface area contributed by atoms with Crippen molar-refractivity contribution >= 4 is 6.09 Å². The van der Waals surface area contributed by atoms with Crippen molar-refractivity contribution < 1.29 is 9.53 Å². The van der Waals surface area contributed by atoms with Crippen molar-refractivity contribution in [3.8, 4) is 0 Å². The van der Waals surface area contributed by atoms with E-state index in [1.165, 1.54) is 0 Å². The van der Waals surface area contributed by atoms with E-state index in [-0.39, 0.29) is 12.1 Å². The second-order valence-electron chi connectivity index (χ2n) is 4.67. The number of rotatable bonds is 4. The first-order chi connectivity index (χ1) is 7.13. The molecular weight excluding hydrogens is 192 g/mol. The molecule has 4 nitrogen and oxygen atoms in total. The number of hydrogen-bond donors (Lipinski definition) is 2. The van der Waals surface area contributed by atoms with Gasteiger partial charge in [-0.2, -0.15) is 0 Å². The molecule has 2 atom stereocenters. The van der Waals surface area contributed by atoms with Crippen LogP contribution in [0.25, 0.3) is 0 Å². The van der Waals surface area contributed by atoms with Gasteiger partial charge in [-0.25, -0.2) is 4.79 Å². The number of ether oxygens (including phenoxy) is 1. The Hall–Kier alpha value is -0.770. The molecule has 1 saturated carbocycles. The summed E-state index contributed by atoms with van der Waals surface area (Å²) in [5.41, 5.74) is 5.63. The third kappa shape index (κ3) is 4.08. The molecule has 0 aromatic carbocycles. The van der Waals surface area contributed by atoms with E-state index in [4.69, 9.17) is 10.5 Å². The van der Waals surface area contributed by atoms with Crippen LogP contribution in [0.4, 0.5) is 4.79 Å². The highest BCUT2D eigenvalue weighted by Crippen LogP contribution is 2.24. The van der Waals surface area contributed by atoms with E-state index in [1.807, 2.05) is 13.8 Å². The van der Waals surface area contributed by atoms with E-state index >= 15 is 0 Å². The van der Waals surface area contributed by atoms with E-state index < -0.39 is 0 Å². The highest BCUT2D eigenvalue weighted by Gasteiger charge is 2.27. The molecule has 0 aromatic rings. The average molecular weight is 214 g/mol. The van der Waals surface area contributed by atoms with Crippen molar-refractivity contribution in [3.63, 3.8) is 0 Å². The van der Waals surface area contributed by atoms with Crippen LogP contribution in [-0.2, 0) is 4.74 Å². The van der Waals surface area contributed by atoms with Gasteiger partial charge in [0.05, 0.1) is 6.61 Å². The van der Waals surface area contributed by atoms with E-state index in [1.54, 1.807) is 0 Å². The van der Waals surface area contributed by atoms with E-state index in [2.05, 4.69) is 5.32 Å². The highest BCUT2D eigenvalue weighted by atomic mass is 16.5. The standard InChI is InChI=1S/C11H22N2O2/c1-8(2)7-15-11(14)13-10-5-3-4-9(10)6-12/h8-10H,3-7,12H2,1-2H3,(H,13,14). The molecule has 1 aliphatic carbocycles. The van der Waals surface area contributed by atoms with Gasteiger partial charge < -0.3 is 15.8 Å². The Morgan fingerprint density at radius 2 is 2.27 bits per heavy atom. The lowest BCUT2D eigenvalue weighted by Crippen LogP contribution is -2.40. The zero-order valence-electron chi connectivity index (χ0n) is 9.66. The Balaban J connectivity index is 2.24. The highest BCUT2D eigenvalue weighted by molar-refractivity contribution is 5.67. The normalized spacial score (nSPS) is 25.6. The number of nitrogens with one attached hydrogen (secondary N) is 1. The lowest BCUT2D eigenvalue weighted by molar-refractivity contribution is 0.127. The molecule has 3 N–H and O–H groups in total. The minimum Gasteiger partial charge on any atom is -0.449 e. The first-order valence-corrected chi connectivity index (χ1v) is 5.76. The zero-order valence-corrected chi connectivity index (χ0v) is 9.66. The number of nitrogens with two attached hydrogens (primary N) is 1. The third-order valence-corrected chi connectivity index (χ3v) is 2.81. The molecule has 1 fully saturated rings. The van der Waals surface area contributed by atoms with Crippen LogP contribution in [-0.4, -0.2) is 25.3 Å². The van der Waals surface area contributed by atoms with Crippen LogP contribution in [0.1, 0.15) is 33.1 Å². The fraction of sp³-hybridized carbons (Fsp3) is 0.909. The SMILES string of the molecule is CC(C)COC(=O)NC1CCCC1CN. The molecule has 1 aliphatic rings. The fourth-order valence-electron chi connectivity index (χ4n) is 1.94. The van der Waals surface area contributed by atoms with Gasteiger partial charge in [-0.3, -0.25) is 0 Å². The van der Waals surface area contributed by atoms with Gasteiger partial charge in [-0.1, -0.05) is 20.3 Å². The summed E-state index contributed by atoms with van der Waals surface area (Å²) in [7, 11) is 0. The van der Waals surface area contributed by atoms with E-state index in [9.17, 15) is 4.79 Å². The van der Waals surface area contributed by atoms with Crippen molar-refractivity contribution in [2.75, 3.05) is 13.2 Å². The largest absolute Gasteiger partial charge is 0.449 e. The maximum absolute atomic E-state index is 11.4. The minimum atomic E-state index is -0.297. The number of alkyl carbamates (subject to hydrolysis) is 1. The molecule has 0 aromatic heterocycles. The molecule has 0 saturated heterocycles. The lowest BCUT2D eigenvalue weighted by Gasteiger charge is -2.19. The van der Waals surface area contributed by atoms with E-state index in [0.717, 1.165) is 19.3 Å². The van der Waals surface area contributed by atoms with Crippen LogP contribution >= 0.6 is 0 Å². The lowest BCUT2D eigenvalue weighted by atomic mass is 10.0. The van der Waals surface area contributed by atoms with Gasteiger partial charge in [-0.15, -0.1) is 0 Å². The second kappa shape index (κ2) is 5.95. The molecular formula is C11H22N2O2. The maximum Gasteiger partial charge on any atom is 0.407 e. The summed E-state index contributed by atoms with van der Waals surface area (Å²) in [6.45, 7) is 5.16. The molecule has 0 spiro atoms. The van der Waals surface area contributed by atoms with Gasteiger partial charge in [-0.05, 0) is 31.2 Å². The van der Waals surface area contributed by atoms with Crippen LogP contribution < -0.4 is 11.1 Å². The maximum atomic E-state index is 11.4. The Morgan fingerprint density at radius 3 is 2.87 bits per heavy atom. The molecule has 0 aliphatic heterocycles. The Kier molecular flexibility index (Phi) is 4.88. The van der Waals surface area contributed by atoms with Crippen molar-refractivity contribution in [2.24, 2.45) is 17.6 Å². The number of carbonyl (C=O) groups excluding carboxylic acids is 1. The zero-order chi connectivity index (χ0) is 11.3. The topological polar surface area (TPSA) is 64.3 Å². The van der Waals surface area contributed by atoms with Gasteiger partial charge in [0.15, 0.2) is 0 Å². The molecule has 2 unspecified atom stereocenters. The Bertz CT molecular complexity index is 207. The van der Waals surface area contributed by atoms with Crippen LogP contribution in [0.15, 0.2) is 0 Å². The summed E-state index contributed by atoms with van der Waals surface area (Å²) in [5, 5.41) is 2.89. The fourth-order valence-corrected chi connectivity index (χ4v) is 1.94. The monoisotopic (exact) mass is 214 g/mol. The third-order valence-electron chi connectivity index (χ3n) is 2.81. The first-order valence-electron chi connectivity index (χ1n) is 5.76. The minimum absolute atomic E-state index is 0.217. The number of carbonyl (C=O) groups is 1. The molecule has 4 heteroatoms. The number of hydrogen-bond acceptors (Lipinski definition) is 3.